The number of nitrogens with zero attached hydrogens (tertiary/aromatic N) is 3. The average Bonchev–Trinajstić information content (AvgIpc) is 2.32. The number of aliphatic hydroxyl groups is 2. The van der Waals surface area contributed by atoms with Crippen LogP contribution in [0.4, 0.5) is 13.2 Å². The minimum atomic E-state index is -1.81. The van der Waals surface area contributed by atoms with Gasteiger partial charge in [-0.25, -0.2) is 13.2 Å². The molecule has 1 rings (SSSR count). The fourth-order valence-corrected chi connectivity index (χ4v) is 1.20. The summed E-state index contributed by atoms with van der Waals surface area (Å²) in [6, 6.07) is 1.43. The molecule has 8 heteroatoms. The summed E-state index contributed by atoms with van der Waals surface area (Å²) in [6.45, 7) is -0.518. The van der Waals surface area contributed by atoms with E-state index in [2.05, 4.69) is 10.0 Å². The summed E-state index contributed by atoms with van der Waals surface area (Å²) in [5.74, 6) is -4.72. The molecule has 1 aromatic rings. The first-order valence-electron chi connectivity index (χ1n) is 4.49. The van der Waals surface area contributed by atoms with Crippen LogP contribution in [0.15, 0.2) is 17.2 Å². The summed E-state index contributed by atoms with van der Waals surface area (Å²) in [6.07, 6.45) is -3.42. The summed E-state index contributed by atoms with van der Waals surface area (Å²) in [4.78, 5) is 2.33. The number of benzene rings is 1. The number of aliphatic hydroxyl groups excluding tert-OH is 2. The smallest absolute Gasteiger partial charge is 0.194 e. The van der Waals surface area contributed by atoms with Crippen LogP contribution in [-0.4, -0.2) is 22.9 Å². The molecule has 2 N–H and O–H groups in total. The summed E-state index contributed by atoms with van der Waals surface area (Å²) >= 11 is 0. The maximum absolute atomic E-state index is 13.2. The van der Waals surface area contributed by atoms with E-state index in [-0.39, 0.29) is 0 Å². The predicted molar refractivity (Wildman–Crippen MR) is 51.3 cm³/mol. The highest BCUT2D eigenvalue weighted by Gasteiger charge is 2.24. The van der Waals surface area contributed by atoms with Gasteiger partial charge in [0.15, 0.2) is 17.5 Å². The molecule has 92 valence electrons. The molecule has 0 radical (unpaired) electrons. The third-order valence-electron chi connectivity index (χ3n) is 2.08. The average molecular weight is 247 g/mol. The van der Waals surface area contributed by atoms with Crippen LogP contribution in [0.25, 0.3) is 10.4 Å². The van der Waals surface area contributed by atoms with Crippen LogP contribution in [0.2, 0.25) is 0 Å². The van der Waals surface area contributed by atoms with Crippen molar-refractivity contribution in [1.82, 2.24) is 0 Å². The van der Waals surface area contributed by atoms with Gasteiger partial charge in [0.25, 0.3) is 0 Å². The number of rotatable bonds is 4. The Morgan fingerprint density at radius 1 is 1.24 bits per heavy atom. The van der Waals surface area contributed by atoms with Crippen molar-refractivity contribution >= 4 is 0 Å². The second-order valence-corrected chi connectivity index (χ2v) is 3.19. The van der Waals surface area contributed by atoms with E-state index >= 15 is 0 Å². The maximum Gasteiger partial charge on any atom is 0.194 e. The van der Waals surface area contributed by atoms with Crippen LogP contribution in [-0.2, 0) is 0 Å². The van der Waals surface area contributed by atoms with Crippen molar-refractivity contribution < 1.29 is 23.4 Å². The Bertz CT molecular complexity index is 463. The van der Waals surface area contributed by atoms with E-state index < -0.39 is 41.8 Å². The Labute approximate surface area is 93.7 Å². The molecule has 0 spiro atoms. The van der Waals surface area contributed by atoms with E-state index in [1.54, 1.807) is 0 Å². The molecule has 0 aliphatic carbocycles. The first-order chi connectivity index (χ1) is 7.99. The van der Waals surface area contributed by atoms with Crippen LogP contribution in [0.3, 0.4) is 0 Å². The van der Waals surface area contributed by atoms with Gasteiger partial charge in [0.1, 0.15) is 6.10 Å². The monoisotopic (exact) mass is 247 g/mol. The SMILES string of the molecule is [N-]=[N+]=NCC(O)C(O)c1ccc(F)c(F)c1F. The zero-order chi connectivity index (χ0) is 13.0. The van der Waals surface area contributed by atoms with Crippen molar-refractivity contribution in [2.75, 3.05) is 6.54 Å². The van der Waals surface area contributed by atoms with Crippen LogP contribution in [0, 0.1) is 17.5 Å². The Kier molecular flexibility index (Phi) is 4.33. The van der Waals surface area contributed by atoms with Gasteiger partial charge < -0.3 is 10.2 Å². The molecule has 2 unspecified atom stereocenters. The topological polar surface area (TPSA) is 89.2 Å². The van der Waals surface area contributed by atoms with E-state index in [1.807, 2.05) is 0 Å². The summed E-state index contributed by atoms with van der Waals surface area (Å²) in [5, 5.41) is 21.7. The zero-order valence-electron chi connectivity index (χ0n) is 8.39. The lowest BCUT2D eigenvalue weighted by atomic mass is 10.0. The van der Waals surface area contributed by atoms with E-state index in [4.69, 9.17) is 5.53 Å². The van der Waals surface area contributed by atoms with Crippen molar-refractivity contribution in [3.8, 4) is 0 Å². The first-order valence-corrected chi connectivity index (χ1v) is 4.49. The number of hydrogen-bond acceptors (Lipinski definition) is 3. The van der Waals surface area contributed by atoms with Crippen molar-refractivity contribution in [2.45, 2.75) is 12.2 Å². The third kappa shape index (κ3) is 2.88. The van der Waals surface area contributed by atoms with E-state index in [1.165, 1.54) is 0 Å². The number of azide groups is 1. The van der Waals surface area contributed by atoms with Crippen molar-refractivity contribution in [3.05, 3.63) is 45.6 Å². The van der Waals surface area contributed by atoms with Gasteiger partial charge in [-0.15, -0.1) is 0 Å². The maximum atomic E-state index is 13.2. The first kappa shape index (κ1) is 13.3. The standard InChI is InChI=1S/C9H8F3N3O2/c10-5-2-1-4(7(11)8(5)12)9(17)6(16)3-14-15-13/h1-2,6,9,16-17H,3H2. The Morgan fingerprint density at radius 2 is 1.88 bits per heavy atom. The highest BCUT2D eigenvalue weighted by molar-refractivity contribution is 5.23. The van der Waals surface area contributed by atoms with Gasteiger partial charge in [-0.2, -0.15) is 0 Å². The summed E-state index contributed by atoms with van der Waals surface area (Å²) < 4.78 is 38.6. The molecule has 1 aromatic carbocycles. The van der Waals surface area contributed by atoms with Crippen LogP contribution in [0.1, 0.15) is 11.7 Å². The summed E-state index contributed by atoms with van der Waals surface area (Å²) in [7, 11) is 0. The fraction of sp³-hybridized carbons (Fsp3) is 0.333. The molecule has 0 heterocycles. The quantitative estimate of drug-likeness (QED) is 0.367. The molecule has 0 saturated heterocycles. The van der Waals surface area contributed by atoms with Gasteiger partial charge >= 0.3 is 0 Å². The summed E-state index contributed by atoms with van der Waals surface area (Å²) in [5.41, 5.74) is 7.38. The van der Waals surface area contributed by atoms with Crippen molar-refractivity contribution in [2.24, 2.45) is 5.11 Å². The Hall–Kier alpha value is -1.76. The zero-order valence-corrected chi connectivity index (χ0v) is 8.39. The Balaban J connectivity index is 3.00. The Morgan fingerprint density at radius 3 is 2.47 bits per heavy atom. The minimum Gasteiger partial charge on any atom is -0.390 e. The van der Waals surface area contributed by atoms with Gasteiger partial charge in [0, 0.05) is 10.5 Å². The lowest BCUT2D eigenvalue weighted by Gasteiger charge is -2.17. The molecular weight excluding hydrogens is 239 g/mol. The van der Waals surface area contributed by atoms with Crippen molar-refractivity contribution in [3.63, 3.8) is 0 Å². The van der Waals surface area contributed by atoms with Gasteiger partial charge in [-0.05, 0) is 11.6 Å². The molecule has 0 aromatic heterocycles. The van der Waals surface area contributed by atoms with Gasteiger partial charge in [0.05, 0.1) is 12.6 Å². The molecule has 0 aliphatic rings. The molecule has 0 saturated carbocycles. The lowest BCUT2D eigenvalue weighted by Crippen LogP contribution is -2.22. The minimum absolute atomic E-state index is 0.518. The van der Waals surface area contributed by atoms with Gasteiger partial charge in [0.2, 0.25) is 0 Å². The molecule has 0 fully saturated rings. The molecule has 5 nitrogen and oxygen atoms in total. The molecule has 2 atom stereocenters. The van der Waals surface area contributed by atoms with Gasteiger partial charge in [-0.3, -0.25) is 0 Å². The molecule has 0 aliphatic heterocycles. The van der Waals surface area contributed by atoms with Gasteiger partial charge in [-0.1, -0.05) is 11.2 Å². The largest absolute Gasteiger partial charge is 0.390 e. The molecule has 17 heavy (non-hydrogen) atoms. The third-order valence-corrected chi connectivity index (χ3v) is 2.08. The normalized spacial score (nSPS) is 13.9. The van der Waals surface area contributed by atoms with Crippen molar-refractivity contribution in [1.29, 1.82) is 0 Å². The fourth-order valence-electron chi connectivity index (χ4n) is 1.20. The van der Waals surface area contributed by atoms with E-state index in [0.717, 1.165) is 6.07 Å². The lowest BCUT2D eigenvalue weighted by molar-refractivity contribution is 0.0217. The second-order valence-electron chi connectivity index (χ2n) is 3.19. The van der Waals surface area contributed by atoms with E-state index in [0.29, 0.717) is 6.07 Å². The highest BCUT2D eigenvalue weighted by atomic mass is 19.2. The van der Waals surface area contributed by atoms with Crippen LogP contribution < -0.4 is 0 Å². The second kappa shape index (κ2) is 5.53. The molecule has 0 bridgehead atoms. The molecular formula is C9H8F3N3O2. The van der Waals surface area contributed by atoms with E-state index in [9.17, 15) is 23.4 Å². The molecule has 0 amide bonds. The van der Waals surface area contributed by atoms with Crippen LogP contribution >= 0.6 is 0 Å². The van der Waals surface area contributed by atoms with Crippen LogP contribution in [0.5, 0.6) is 0 Å². The number of halogens is 3. The predicted octanol–water partition coefficient (Wildman–Crippen LogP) is 1.81. The number of hydrogen-bond donors (Lipinski definition) is 2. The highest BCUT2D eigenvalue weighted by Crippen LogP contribution is 2.23.